The molecule has 4 fully saturated rings. The van der Waals surface area contributed by atoms with Gasteiger partial charge < -0.3 is 90.2 Å². The third kappa shape index (κ3) is 23.3. The Labute approximate surface area is 783 Å². The van der Waals surface area contributed by atoms with E-state index in [1.165, 1.54) is 138 Å². The molecule has 10 aromatic heterocycles. The summed E-state index contributed by atoms with van der Waals surface area (Å²) in [6, 6.07) is 34.1. The minimum absolute atomic E-state index is 0. The van der Waals surface area contributed by atoms with E-state index in [4.69, 9.17) is 11.6 Å². The van der Waals surface area contributed by atoms with Gasteiger partial charge >= 0.3 is 0 Å². The smallest absolute Gasteiger partial charge is 0.184 e. The van der Waals surface area contributed by atoms with E-state index in [9.17, 15) is 75.3 Å². The number of aliphatic hydroxyl groups excluding tert-OH is 7. The Morgan fingerprint density at radius 2 is 0.676 bits per heavy atom. The molecule has 21 rings (SSSR count). The normalized spacial score (nSPS) is 15.7. The number of nitrogens with zero attached hydrogens (tertiary/aromatic N) is 17. The third-order valence-electron chi connectivity index (χ3n) is 22.3. The van der Waals surface area contributed by atoms with Crippen molar-refractivity contribution in [2.75, 3.05) is 72.0 Å². The molecule has 0 amide bonds. The zero-order valence-corrected chi connectivity index (χ0v) is 74.4. The highest BCUT2D eigenvalue weighted by molar-refractivity contribution is 7.59. The van der Waals surface area contributed by atoms with Gasteiger partial charge in [-0.05, 0) is 117 Å². The first-order valence-corrected chi connectivity index (χ1v) is 42.9. The first-order chi connectivity index (χ1) is 65.2. The standard InChI is InChI=1S/2C14H15F2N3O.C14H16FN3O.C13H11ClN4O.C13H10F2N4O.C13H11FN4O.C13H14FN3O.H2S/c1-14(16)7-19(8-14)11-6-9(15)2-3-10(11)12(20)13-17-4-5-18-13;15-9-1-2-11(13(20)14-17-4-5-18-14)12(7-9)19-6-3-10(16)8-19;1-9-7-18(8-9)12-6-10(15)2-3-11(12)13(19)14-16-4-5-17-14;14-10-4-1-3-9(11(10)18-8-2-5-17-18)12(19)13-15-6-7-16-13;14-9-3-2-8(12(20)13-16-5-6-17-13)11(10(9)15)19-7-1-4-18-19;14-9-2-3-10(12(19)13-15-5-6-16-13)11(8-9)18-7-1-4-17-18;14-9-2-3-10(11(8-9)17-6-1-7-17)12(18)13-15-4-5-16-13;/h2-6,12,20H,7-8H2,1H3,(H,17,18);1-2,4-5,7,10,13,20H,3,6,8H2,(H,17,18);2-6,9,13,19H,7-8H2,1H3,(H,16,17);1-8,12,19H,(H,15,16);1-7,12,20H,(H,16,17);1-8,12,19H,(H,15,16);2-5,8,12,18H,1,6-7H2,(H,15,16);1H2/t;10-,13?;;;;;;/m.0....../s1. The van der Waals surface area contributed by atoms with Gasteiger partial charge in [0.25, 0.3) is 0 Å². The second-order valence-electron chi connectivity index (χ2n) is 31.9. The molecule has 0 bridgehead atoms. The Kier molecular flexibility index (Phi) is 32.0. The number of imidazole rings is 7. The molecule has 0 radical (unpaired) electrons. The maximum absolute atomic E-state index is 14.0. The van der Waals surface area contributed by atoms with E-state index in [1.54, 1.807) is 150 Å². The first kappa shape index (κ1) is 97.6. The number of anilines is 4. The summed E-state index contributed by atoms with van der Waals surface area (Å²) in [6.45, 7) is 8.36. The van der Waals surface area contributed by atoms with Crippen LogP contribution in [0.1, 0.15) is 149 Å². The van der Waals surface area contributed by atoms with Gasteiger partial charge in [-0.15, -0.1) is 0 Å². The molecule has 4 aliphatic heterocycles. The van der Waals surface area contributed by atoms with E-state index in [2.05, 4.69) is 102 Å². The van der Waals surface area contributed by atoms with Crippen LogP contribution >= 0.6 is 25.1 Å². The Morgan fingerprint density at radius 1 is 0.360 bits per heavy atom. The quantitative estimate of drug-likeness (QED) is 0.0297. The number of nitrogens with one attached hydrogen (secondary N) is 7. The lowest BCUT2D eigenvalue weighted by molar-refractivity contribution is 0.143. The van der Waals surface area contributed by atoms with Crippen molar-refractivity contribution in [3.05, 3.63) is 389 Å². The molecule has 8 atom stereocenters. The fourth-order valence-corrected chi connectivity index (χ4v) is 15.8. The molecular weight excluding hydrogens is 1820 g/mol. The summed E-state index contributed by atoms with van der Waals surface area (Å²) >= 11 is 6.22. The van der Waals surface area contributed by atoms with E-state index in [0.29, 0.717) is 115 Å². The second-order valence-corrected chi connectivity index (χ2v) is 32.3. The summed E-state index contributed by atoms with van der Waals surface area (Å²) in [5.41, 5.74) is 6.01. The molecule has 136 heavy (non-hydrogen) atoms. The number of aliphatic hydroxyl groups is 7. The molecule has 14 N–H and O–H groups in total. The number of para-hydroxylation sites is 1. The van der Waals surface area contributed by atoms with Crippen molar-refractivity contribution < 1.29 is 75.3 Å². The summed E-state index contributed by atoms with van der Waals surface area (Å²) in [5.74, 6) is -0.432. The van der Waals surface area contributed by atoms with Crippen LogP contribution in [-0.4, -0.2) is 199 Å². The number of halogens is 10. The van der Waals surface area contributed by atoms with Gasteiger partial charge in [0.05, 0.1) is 29.5 Å². The number of hydrogen-bond donors (Lipinski definition) is 14. The molecule has 0 aliphatic carbocycles. The van der Waals surface area contributed by atoms with Crippen LogP contribution in [-0.2, 0) is 0 Å². The molecule has 7 aromatic carbocycles. The van der Waals surface area contributed by atoms with Crippen LogP contribution in [0.3, 0.4) is 0 Å². The predicted octanol–water partition coefficient (Wildman–Crippen LogP) is 14.5. The van der Waals surface area contributed by atoms with Gasteiger partial charge in [-0.3, -0.25) is 0 Å². The average molecular weight is 1910 g/mol. The van der Waals surface area contributed by atoms with E-state index in [1.807, 2.05) is 0 Å². The molecule has 14 heterocycles. The Balaban J connectivity index is 0.000000127. The highest BCUT2D eigenvalue weighted by Crippen LogP contribution is 2.41. The first-order valence-electron chi connectivity index (χ1n) is 42.5. The van der Waals surface area contributed by atoms with Crippen LogP contribution in [0.5, 0.6) is 0 Å². The SMILES string of the molecule is CC1(F)CN(c2cc(F)ccc2C(O)c2ncc[nH]2)C1.CC1CN(c2cc(F)ccc2C(O)c2ncc[nH]2)C1.OC(c1ncc[nH]1)c1ccc(F)c(F)c1-n1cccn1.OC(c1ncc[nH]1)c1ccc(F)cc1-n1cccn1.OC(c1ncc[nH]1)c1ccc(F)cc1N1CCC1.OC(c1ncc[nH]1)c1ccc(F)cc1N1CC[C@H](F)C1.OC(c1ncc[nH]1)c1cccc(Cl)c1-n1cccn1.S. The van der Waals surface area contributed by atoms with Crippen LogP contribution in [0.2, 0.25) is 5.02 Å². The van der Waals surface area contributed by atoms with Gasteiger partial charge in [0.1, 0.15) is 130 Å². The number of aromatic amines is 7. The monoisotopic (exact) mass is 1910 g/mol. The second kappa shape index (κ2) is 44.6. The Bertz CT molecular complexity index is 6550. The minimum Gasteiger partial charge on any atom is -0.380 e. The van der Waals surface area contributed by atoms with Gasteiger partial charge in [0.15, 0.2) is 11.6 Å². The van der Waals surface area contributed by atoms with E-state index in [0.717, 1.165) is 50.0 Å². The largest absolute Gasteiger partial charge is 0.380 e. The minimum atomic E-state index is -1.26. The molecule has 4 aliphatic rings. The number of alkyl halides is 2. The number of H-pyrrole nitrogens is 7. The molecular formula is C94H94ClF9N24O7S. The van der Waals surface area contributed by atoms with E-state index >= 15 is 0 Å². The number of aromatic nitrogens is 20. The van der Waals surface area contributed by atoms with E-state index < -0.39 is 77.8 Å². The Morgan fingerprint density at radius 3 is 0.993 bits per heavy atom. The molecule has 4 saturated heterocycles. The van der Waals surface area contributed by atoms with Crippen molar-refractivity contribution in [3.63, 3.8) is 0 Å². The summed E-state index contributed by atoms with van der Waals surface area (Å²) in [5, 5.41) is 84.8. The van der Waals surface area contributed by atoms with Gasteiger partial charge in [-0.25, -0.2) is 88.4 Å². The van der Waals surface area contributed by atoms with Crippen LogP contribution in [0, 0.1) is 46.6 Å². The lowest BCUT2D eigenvalue weighted by Crippen LogP contribution is -2.57. The maximum Gasteiger partial charge on any atom is 0.184 e. The molecule has 7 unspecified atom stereocenters. The van der Waals surface area contributed by atoms with Crippen molar-refractivity contribution in [1.29, 1.82) is 0 Å². The lowest BCUT2D eigenvalue weighted by atomic mass is 9.95. The molecule has 708 valence electrons. The highest BCUT2D eigenvalue weighted by Gasteiger charge is 2.41. The molecule has 17 aromatic rings. The van der Waals surface area contributed by atoms with Crippen molar-refractivity contribution in [3.8, 4) is 17.1 Å². The van der Waals surface area contributed by atoms with Crippen molar-refractivity contribution in [2.45, 2.75) is 81.3 Å². The van der Waals surface area contributed by atoms with Gasteiger partial charge in [0, 0.05) is 225 Å². The van der Waals surface area contributed by atoms with Crippen molar-refractivity contribution >= 4 is 47.8 Å². The molecule has 42 heteroatoms. The summed E-state index contributed by atoms with van der Waals surface area (Å²) < 4.78 is 126. The van der Waals surface area contributed by atoms with Gasteiger partial charge in [-0.2, -0.15) is 28.8 Å². The van der Waals surface area contributed by atoms with Gasteiger partial charge in [0.2, 0.25) is 0 Å². The molecule has 0 saturated carbocycles. The molecule has 31 nitrogen and oxygen atoms in total. The average Bonchev–Trinajstić information content (AvgIpc) is 1.46. The number of rotatable bonds is 21. The Hall–Kier alpha value is -14.4. The van der Waals surface area contributed by atoms with Crippen molar-refractivity contribution in [1.82, 2.24) is 99.1 Å². The van der Waals surface area contributed by atoms with Crippen molar-refractivity contribution in [2.24, 2.45) is 5.92 Å². The summed E-state index contributed by atoms with van der Waals surface area (Å²) in [7, 11) is 0. The number of benzene rings is 7. The lowest BCUT2D eigenvalue weighted by Gasteiger charge is -2.44. The summed E-state index contributed by atoms with van der Waals surface area (Å²) in [6.07, 6.45) is 25.7. The maximum atomic E-state index is 14.0. The predicted molar refractivity (Wildman–Crippen MR) is 492 cm³/mol. The number of hydrogen-bond acceptors (Lipinski definition) is 21. The fraction of sp³-hybridized carbons (Fsp3) is 0.234. The summed E-state index contributed by atoms with van der Waals surface area (Å²) in [4.78, 5) is 55.6. The third-order valence-corrected chi connectivity index (χ3v) is 22.6. The molecule has 0 spiro atoms. The van der Waals surface area contributed by atoms with E-state index in [-0.39, 0.29) is 67.7 Å². The van der Waals surface area contributed by atoms with Crippen LogP contribution in [0.25, 0.3) is 17.1 Å². The zero-order valence-electron chi connectivity index (χ0n) is 72.6. The topological polar surface area (TPSA) is 409 Å². The van der Waals surface area contributed by atoms with Crippen LogP contribution in [0.15, 0.2) is 263 Å². The van der Waals surface area contributed by atoms with Crippen LogP contribution < -0.4 is 19.6 Å². The van der Waals surface area contributed by atoms with Crippen LogP contribution in [0.4, 0.5) is 62.3 Å². The fourth-order valence-electron chi connectivity index (χ4n) is 15.6. The van der Waals surface area contributed by atoms with Gasteiger partial charge in [-0.1, -0.05) is 67.1 Å². The zero-order chi connectivity index (χ0) is 95.0. The highest BCUT2D eigenvalue weighted by atomic mass is 35.5.